The molecule has 0 bridgehead atoms. The van der Waals surface area contributed by atoms with Crippen molar-refractivity contribution in [1.82, 2.24) is 10.6 Å². The lowest BCUT2D eigenvalue weighted by Gasteiger charge is -2.28. The average Bonchev–Trinajstić information content (AvgIpc) is 3.12. The molecule has 3 heterocycles. The van der Waals surface area contributed by atoms with Crippen molar-refractivity contribution in [3.8, 4) is 0 Å². The number of thiophene rings is 2. The SMILES string of the molecule is Cc1csc(CNC(=O)N[C@H]2C[C@H](C)S(=O)(=O)c3sccc32)c1. The van der Waals surface area contributed by atoms with Gasteiger partial charge in [-0.05, 0) is 48.7 Å². The highest BCUT2D eigenvalue weighted by Gasteiger charge is 2.37. The van der Waals surface area contributed by atoms with Crippen LogP contribution in [-0.2, 0) is 16.4 Å². The van der Waals surface area contributed by atoms with Crippen LogP contribution in [-0.4, -0.2) is 19.7 Å². The van der Waals surface area contributed by atoms with E-state index in [1.165, 1.54) is 16.9 Å². The molecule has 0 aromatic carbocycles. The largest absolute Gasteiger partial charge is 0.333 e. The Morgan fingerprint density at radius 1 is 1.39 bits per heavy atom. The third-order valence-corrected chi connectivity index (χ3v) is 8.67. The second kappa shape index (κ2) is 6.26. The first-order chi connectivity index (χ1) is 10.9. The van der Waals surface area contributed by atoms with Crippen LogP contribution in [0.5, 0.6) is 0 Å². The summed E-state index contributed by atoms with van der Waals surface area (Å²) in [6, 6.07) is 3.29. The predicted molar refractivity (Wildman–Crippen MR) is 92.8 cm³/mol. The van der Waals surface area contributed by atoms with Gasteiger partial charge in [-0.3, -0.25) is 0 Å². The van der Waals surface area contributed by atoms with Crippen LogP contribution in [0.4, 0.5) is 4.79 Å². The molecular formula is C15H18N2O3S3. The summed E-state index contributed by atoms with van der Waals surface area (Å²) in [6.45, 7) is 4.18. The molecule has 124 valence electrons. The number of fused-ring (bicyclic) bond motifs is 1. The van der Waals surface area contributed by atoms with Gasteiger partial charge in [-0.25, -0.2) is 13.2 Å². The molecule has 2 N–H and O–H groups in total. The minimum Gasteiger partial charge on any atom is -0.333 e. The third kappa shape index (κ3) is 3.29. The van der Waals surface area contributed by atoms with Gasteiger partial charge in [0.1, 0.15) is 4.21 Å². The standard InChI is InChI=1S/C15H18N2O3S3/c1-9-5-11(22-8-9)7-16-15(18)17-13-6-10(2)23(19,20)14-12(13)3-4-21-14/h3-5,8,10,13H,6-7H2,1-2H3,(H2,16,17,18)/t10-,13-/m0/s1. The fourth-order valence-corrected chi connectivity index (χ4v) is 6.71. The maximum Gasteiger partial charge on any atom is 0.315 e. The van der Waals surface area contributed by atoms with E-state index in [9.17, 15) is 13.2 Å². The van der Waals surface area contributed by atoms with Gasteiger partial charge in [-0.1, -0.05) is 0 Å². The van der Waals surface area contributed by atoms with E-state index in [4.69, 9.17) is 0 Å². The van der Waals surface area contributed by atoms with E-state index in [1.54, 1.807) is 29.7 Å². The molecule has 1 aliphatic heterocycles. The van der Waals surface area contributed by atoms with E-state index in [0.29, 0.717) is 22.7 Å². The third-order valence-electron chi connectivity index (χ3n) is 3.90. The molecule has 0 saturated carbocycles. The fourth-order valence-electron chi connectivity index (χ4n) is 2.66. The van der Waals surface area contributed by atoms with Gasteiger partial charge in [0.05, 0.1) is 17.8 Å². The molecule has 3 rings (SSSR count). The first-order valence-corrected chi connectivity index (χ1v) is 10.6. The van der Waals surface area contributed by atoms with Gasteiger partial charge in [-0.15, -0.1) is 22.7 Å². The van der Waals surface area contributed by atoms with Crippen LogP contribution in [0.3, 0.4) is 0 Å². The number of urea groups is 1. The van der Waals surface area contributed by atoms with Gasteiger partial charge >= 0.3 is 6.03 Å². The van der Waals surface area contributed by atoms with E-state index in [1.807, 2.05) is 18.4 Å². The quantitative estimate of drug-likeness (QED) is 0.871. The number of aryl methyl sites for hydroxylation is 1. The van der Waals surface area contributed by atoms with Gasteiger partial charge < -0.3 is 10.6 Å². The molecule has 1 aliphatic rings. The minimum absolute atomic E-state index is 0.264. The molecule has 2 aromatic rings. The Kier molecular flexibility index (Phi) is 4.48. The van der Waals surface area contributed by atoms with Crippen molar-refractivity contribution in [2.45, 2.75) is 42.3 Å². The Labute approximate surface area is 143 Å². The normalized spacial score (nSPS) is 22.3. The summed E-state index contributed by atoms with van der Waals surface area (Å²) in [5.74, 6) is 0. The van der Waals surface area contributed by atoms with Crippen LogP contribution >= 0.6 is 22.7 Å². The number of sulfone groups is 1. The summed E-state index contributed by atoms with van der Waals surface area (Å²) < 4.78 is 25.0. The monoisotopic (exact) mass is 370 g/mol. The van der Waals surface area contributed by atoms with Crippen molar-refractivity contribution >= 4 is 38.5 Å². The van der Waals surface area contributed by atoms with Gasteiger partial charge in [0, 0.05) is 10.4 Å². The van der Waals surface area contributed by atoms with E-state index in [-0.39, 0.29) is 12.1 Å². The van der Waals surface area contributed by atoms with Gasteiger partial charge in [0.25, 0.3) is 0 Å². The molecule has 23 heavy (non-hydrogen) atoms. The highest BCUT2D eigenvalue weighted by atomic mass is 32.2. The molecule has 0 saturated heterocycles. The summed E-state index contributed by atoms with van der Waals surface area (Å²) in [6.07, 6.45) is 0.400. The number of nitrogens with one attached hydrogen (secondary N) is 2. The molecule has 2 amide bonds. The van der Waals surface area contributed by atoms with Crippen molar-refractivity contribution in [3.05, 3.63) is 38.9 Å². The van der Waals surface area contributed by atoms with Crippen LogP contribution < -0.4 is 10.6 Å². The summed E-state index contributed by atoms with van der Waals surface area (Å²) in [7, 11) is -3.25. The topological polar surface area (TPSA) is 75.3 Å². The second-order valence-electron chi connectivity index (χ2n) is 5.72. The smallest absolute Gasteiger partial charge is 0.315 e. The van der Waals surface area contributed by atoms with Crippen molar-refractivity contribution in [2.24, 2.45) is 0 Å². The number of carbonyl (C=O) groups excluding carboxylic acids is 1. The zero-order valence-corrected chi connectivity index (χ0v) is 15.3. The lowest BCUT2D eigenvalue weighted by atomic mass is 10.1. The maximum atomic E-state index is 12.3. The summed E-state index contributed by atoms with van der Waals surface area (Å²) >= 11 is 2.83. The maximum absolute atomic E-state index is 12.3. The van der Waals surface area contributed by atoms with Crippen LogP contribution in [0.1, 0.15) is 35.4 Å². The Balaban J connectivity index is 1.67. The van der Waals surface area contributed by atoms with E-state index in [2.05, 4.69) is 10.6 Å². The molecule has 0 spiro atoms. The molecule has 0 radical (unpaired) electrons. The molecule has 2 atom stereocenters. The first-order valence-electron chi connectivity index (χ1n) is 7.27. The second-order valence-corrected chi connectivity index (χ2v) is 10.2. The lowest BCUT2D eigenvalue weighted by Crippen LogP contribution is -2.41. The highest BCUT2D eigenvalue weighted by Crippen LogP contribution is 2.39. The van der Waals surface area contributed by atoms with Crippen LogP contribution in [0.2, 0.25) is 0 Å². The Hall–Kier alpha value is -1.38. The van der Waals surface area contributed by atoms with Crippen LogP contribution in [0, 0.1) is 6.92 Å². The van der Waals surface area contributed by atoms with Gasteiger partial charge in [0.2, 0.25) is 0 Å². The van der Waals surface area contributed by atoms with E-state index in [0.717, 1.165) is 4.88 Å². The number of rotatable bonds is 3. The zero-order valence-electron chi connectivity index (χ0n) is 12.8. The first kappa shape index (κ1) is 16.5. The molecular weight excluding hydrogens is 352 g/mol. The van der Waals surface area contributed by atoms with Crippen LogP contribution in [0.15, 0.2) is 27.1 Å². The fraction of sp³-hybridized carbons (Fsp3) is 0.400. The van der Waals surface area contributed by atoms with Crippen molar-refractivity contribution in [3.63, 3.8) is 0 Å². The van der Waals surface area contributed by atoms with Gasteiger partial charge in [0.15, 0.2) is 9.84 Å². The predicted octanol–water partition coefficient (Wildman–Crippen LogP) is 3.22. The summed E-state index contributed by atoms with van der Waals surface area (Å²) in [5, 5.41) is 9.06. The summed E-state index contributed by atoms with van der Waals surface area (Å²) in [4.78, 5) is 13.2. The molecule has 5 nitrogen and oxygen atoms in total. The Morgan fingerprint density at radius 3 is 2.87 bits per heavy atom. The average molecular weight is 371 g/mol. The molecule has 0 aliphatic carbocycles. The highest BCUT2D eigenvalue weighted by molar-refractivity contribution is 7.94. The van der Waals surface area contributed by atoms with Crippen molar-refractivity contribution in [2.75, 3.05) is 0 Å². The number of carbonyl (C=O) groups is 1. The minimum atomic E-state index is -3.25. The number of hydrogen-bond acceptors (Lipinski definition) is 5. The molecule has 2 aromatic heterocycles. The van der Waals surface area contributed by atoms with E-state index < -0.39 is 15.1 Å². The molecule has 8 heteroatoms. The number of hydrogen-bond donors (Lipinski definition) is 2. The van der Waals surface area contributed by atoms with Gasteiger partial charge in [-0.2, -0.15) is 0 Å². The van der Waals surface area contributed by atoms with Crippen LogP contribution in [0.25, 0.3) is 0 Å². The van der Waals surface area contributed by atoms with Crippen molar-refractivity contribution in [1.29, 1.82) is 0 Å². The number of amides is 2. The molecule has 0 unspecified atom stereocenters. The Bertz CT molecular complexity index is 823. The molecule has 0 fully saturated rings. The Morgan fingerprint density at radius 2 is 2.17 bits per heavy atom. The summed E-state index contributed by atoms with van der Waals surface area (Å²) in [5.41, 5.74) is 1.89. The van der Waals surface area contributed by atoms with Crippen molar-refractivity contribution < 1.29 is 13.2 Å². The lowest BCUT2D eigenvalue weighted by molar-refractivity contribution is 0.235. The zero-order chi connectivity index (χ0) is 16.6. The van der Waals surface area contributed by atoms with E-state index >= 15 is 0 Å².